The standard InChI is InChI=1S/C29H33N5O5/c1-17-12-21(6-7-22(17)27(35)36)32-24-13-20-16-33(9-8-19(20)14-30-24)23-15-31-26-25(18(23)2)34(10-11-38-26)28(37)39-29(3,4)5/h6-7,12-15H,8-11,16H2,1-5H3,(H,30,32)(H,35,36). The molecule has 1 amide bonds. The van der Waals surface area contributed by atoms with E-state index in [0.29, 0.717) is 42.6 Å². The highest BCUT2D eigenvalue weighted by atomic mass is 16.6. The molecule has 0 saturated carbocycles. The number of carboxylic acid groups (broad SMARTS) is 1. The molecule has 204 valence electrons. The van der Waals surface area contributed by atoms with Gasteiger partial charge in [0.05, 0.1) is 24.0 Å². The molecule has 2 aliphatic heterocycles. The van der Waals surface area contributed by atoms with Gasteiger partial charge in [0, 0.05) is 30.5 Å². The zero-order valence-corrected chi connectivity index (χ0v) is 22.9. The minimum atomic E-state index is -0.946. The first-order chi connectivity index (χ1) is 18.5. The van der Waals surface area contributed by atoms with E-state index in [1.54, 1.807) is 30.0 Å². The first kappa shape index (κ1) is 26.3. The van der Waals surface area contributed by atoms with Gasteiger partial charge in [-0.05, 0) is 82.0 Å². The van der Waals surface area contributed by atoms with Gasteiger partial charge in [-0.2, -0.15) is 0 Å². The van der Waals surface area contributed by atoms with Gasteiger partial charge in [0.15, 0.2) is 0 Å². The maximum Gasteiger partial charge on any atom is 0.415 e. The molecule has 3 aromatic rings. The average molecular weight is 532 g/mol. The maximum absolute atomic E-state index is 13.0. The predicted octanol–water partition coefficient (Wildman–Crippen LogP) is 5.23. The molecule has 0 saturated heterocycles. The number of nitrogens with zero attached hydrogens (tertiary/aromatic N) is 4. The topological polar surface area (TPSA) is 117 Å². The Morgan fingerprint density at radius 2 is 1.87 bits per heavy atom. The number of carbonyl (C=O) groups excluding carboxylic acids is 1. The molecule has 0 aliphatic carbocycles. The van der Waals surface area contributed by atoms with E-state index in [2.05, 4.69) is 20.2 Å². The van der Waals surface area contributed by atoms with Crippen LogP contribution in [0.4, 0.5) is 27.7 Å². The number of fused-ring (bicyclic) bond motifs is 2. The van der Waals surface area contributed by atoms with Gasteiger partial charge >= 0.3 is 12.1 Å². The van der Waals surface area contributed by atoms with Gasteiger partial charge < -0.3 is 24.8 Å². The van der Waals surface area contributed by atoms with Crippen LogP contribution in [0.3, 0.4) is 0 Å². The Kier molecular flexibility index (Phi) is 6.80. The Balaban J connectivity index is 1.39. The van der Waals surface area contributed by atoms with Crippen molar-refractivity contribution in [3.05, 3.63) is 64.5 Å². The maximum atomic E-state index is 13.0. The van der Waals surface area contributed by atoms with Crippen molar-refractivity contribution >= 4 is 34.9 Å². The minimum Gasteiger partial charge on any atom is -0.478 e. The van der Waals surface area contributed by atoms with E-state index < -0.39 is 17.7 Å². The number of hydrogen-bond acceptors (Lipinski definition) is 8. The van der Waals surface area contributed by atoms with E-state index in [1.165, 1.54) is 5.56 Å². The molecular formula is C29H33N5O5. The van der Waals surface area contributed by atoms with Crippen molar-refractivity contribution in [3.63, 3.8) is 0 Å². The Labute approximate surface area is 227 Å². The van der Waals surface area contributed by atoms with Gasteiger partial charge in [-0.15, -0.1) is 0 Å². The van der Waals surface area contributed by atoms with Crippen LogP contribution in [0, 0.1) is 13.8 Å². The first-order valence-electron chi connectivity index (χ1n) is 13.0. The van der Waals surface area contributed by atoms with Crippen LogP contribution in [-0.4, -0.2) is 52.4 Å². The van der Waals surface area contributed by atoms with Crippen LogP contribution in [0.25, 0.3) is 0 Å². The number of carboxylic acids is 1. The summed E-state index contributed by atoms with van der Waals surface area (Å²) in [7, 11) is 0. The number of rotatable bonds is 4. The lowest BCUT2D eigenvalue weighted by atomic mass is 10.0. The third-order valence-corrected chi connectivity index (χ3v) is 6.85. The number of ether oxygens (including phenoxy) is 2. The summed E-state index contributed by atoms with van der Waals surface area (Å²) in [6.45, 7) is 11.5. The van der Waals surface area contributed by atoms with Crippen LogP contribution in [0.1, 0.15) is 53.4 Å². The lowest BCUT2D eigenvalue weighted by Gasteiger charge is -2.35. The normalized spacial score (nSPS) is 14.7. The molecule has 0 unspecified atom stereocenters. The van der Waals surface area contributed by atoms with E-state index in [4.69, 9.17) is 9.47 Å². The van der Waals surface area contributed by atoms with Gasteiger partial charge in [-0.3, -0.25) is 4.90 Å². The zero-order valence-electron chi connectivity index (χ0n) is 22.9. The van der Waals surface area contributed by atoms with Gasteiger partial charge in [0.25, 0.3) is 0 Å². The zero-order chi connectivity index (χ0) is 27.9. The third-order valence-electron chi connectivity index (χ3n) is 6.85. The molecule has 1 aromatic carbocycles. The van der Waals surface area contributed by atoms with Crippen molar-refractivity contribution < 1.29 is 24.2 Å². The Bertz CT molecular complexity index is 1450. The van der Waals surface area contributed by atoms with Gasteiger partial charge in [-0.25, -0.2) is 19.6 Å². The molecule has 0 radical (unpaired) electrons. The molecule has 0 fully saturated rings. The van der Waals surface area contributed by atoms with Crippen molar-refractivity contribution in [2.45, 2.75) is 53.2 Å². The fourth-order valence-corrected chi connectivity index (χ4v) is 4.99. The van der Waals surface area contributed by atoms with Crippen LogP contribution in [-0.2, 0) is 17.7 Å². The van der Waals surface area contributed by atoms with Gasteiger partial charge in [-0.1, -0.05) is 0 Å². The van der Waals surface area contributed by atoms with Crippen LogP contribution < -0.4 is 19.9 Å². The van der Waals surface area contributed by atoms with Crippen LogP contribution >= 0.6 is 0 Å². The second-order valence-corrected chi connectivity index (χ2v) is 10.9. The van der Waals surface area contributed by atoms with E-state index in [0.717, 1.165) is 35.5 Å². The summed E-state index contributed by atoms with van der Waals surface area (Å²) >= 11 is 0. The summed E-state index contributed by atoms with van der Waals surface area (Å²) in [5.74, 6) is 0.173. The number of aromatic carboxylic acids is 1. The van der Waals surface area contributed by atoms with Crippen LogP contribution in [0.2, 0.25) is 0 Å². The molecule has 5 rings (SSSR count). The molecule has 4 heterocycles. The molecule has 2 aliphatic rings. The molecule has 10 nitrogen and oxygen atoms in total. The molecule has 0 spiro atoms. The third kappa shape index (κ3) is 5.45. The second-order valence-electron chi connectivity index (χ2n) is 10.9. The van der Waals surface area contributed by atoms with E-state index in [1.807, 2.05) is 46.2 Å². The number of hydrogen-bond donors (Lipinski definition) is 2. The molecule has 39 heavy (non-hydrogen) atoms. The number of amides is 1. The average Bonchev–Trinajstić information content (AvgIpc) is 2.87. The molecule has 2 N–H and O–H groups in total. The number of nitrogens with one attached hydrogen (secondary N) is 1. The van der Waals surface area contributed by atoms with Gasteiger partial charge in [0.1, 0.15) is 23.7 Å². The number of benzene rings is 1. The van der Waals surface area contributed by atoms with E-state index in [9.17, 15) is 14.7 Å². The predicted molar refractivity (Wildman–Crippen MR) is 148 cm³/mol. The summed E-state index contributed by atoms with van der Waals surface area (Å²) in [5.41, 5.74) is 5.93. The summed E-state index contributed by atoms with van der Waals surface area (Å²) in [6, 6.07) is 7.16. The SMILES string of the molecule is Cc1cc(Nc2cc3c(cn2)CCN(c2cnc4c(c2C)N(C(=O)OC(C)(C)C)CCO4)C3)ccc1C(=O)O. The molecule has 0 bridgehead atoms. The highest BCUT2D eigenvalue weighted by Crippen LogP contribution is 2.40. The van der Waals surface area contributed by atoms with Crippen LogP contribution in [0.15, 0.2) is 36.7 Å². The molecular weight excluding hydrogens is 498 g/mol. The largest absolute Gasteiger partial charge is 0.478 e. The van der Waals surface area contributed by atoms with E-state index in [-0.39, 0.29) is 5.56 Å². The van der Waals surface area contributed by atoms with Crippen molar-refractivity contribution in [2.75, 3.05) is 34.8 Å². The number of aromatic nitrogens is 2. The smallest absolute Gasteiger partial charge is 0.415 e. The number of carbonyl (C=O) groups is 2. The summed E-state index contributed by atoms with van der Waals surface area (Å²) in [5, 5.41) is 12.6. The fourth-order valence-electron chi connectivity index (χ4n) is 4.99. The van der Waals surface area contributed by atoms with E-state index >= 15 is 0 Å². The highest BCUT2D eigenvalue weighted by Gasteiger charge is 2.32. The Hall–Kier alpha value is -4.34. The van der Waals surface area contributed by atoms with Gasteiger partial charge in [0.2, 0.25) is 5.88 Å². The minimum absolute atomic E-state index is 0.277. The lowest BCUT2D eigenvalue weighted by molar-refractivity contribution is 0.0565. The molecule has 10 heteroatoms. The molecule has 2 aromatic heterocycles. The quantitative estimate of drug-likeness (QED) is 0.466. The monoisotopic (exact) mass is 531 g/mol. The summed E-state index contributed by atoms with van der Waals surface area (Å²) in [4.78, 5) is 37.3. The summed E-state index contributed by atoms with van der Waals surface area (Å²) in [6.07, 6.45) is 4.11. The molecule has 0 atom stereocenters. The number of anilines is 4. The number of pyridine rings is 2. The fraction of sp³-hybridized carbons (Fsp3) is 0.379. The van der Waals surface area contributed by atoms with Crippen molar-refractivity contribution in [1.29, 1.82) is 0 Å². The van der Waals surface area contributed by atoms with Crippen molar-refractivity contribution in [1.82, 2.24) is 9.97 Å². The summed E-state index contributed by atoms with van der Waals surface area (Å²) < 4.78 is 11.4. The Morgan fingerprint density at radius 3 is 2.59 bits per heavy atom. The van der Waals surface area contributed by atoms with Crippen molar-refractivity contribution in [2.24, 2.45) is 0 Å². The second kappa shape index (κ2) is 10.1. The number of aryl methyl sites for hydroxylation is 1. The Morgan fingerprint density at radius 1 is 1.08 bits per heavy atom. The lowest BCUT2D eigenvalue weighted by Crippen LogP contribution is -2.42. The first-order valence-corrected chi connectivity index (χ1v) is 13.0. The highest BCUT2D eigenvalue weighted by molar-refractivity contribution is 5.92. The van der Waals surface area contributed by atoms with Crippen molar-refractivity contribution in [3.8, 4) is 5.88 Å². The van der Waals surface area contributed by atoms with Crippen LogP contribution in [0.5, 0.6) is 5.88 Å².